The van der Waals surface area contributed by atoms with Crippen molar-refractivity contribution in [2.45, 2.75) is 0 Å². The van der Waals surface area contributed by atoms with Gasteiger partial charge in [-0.2, -0.15) is 0 Å². The van der Waals surface area contributed by atoms with Gasteiger partial charge in [-0.25, -0.2) is 0 Å². The molecule has 8 aromatic rings. The lowest BCUT2D eigenvalue weighted by atomic mass is 9.98. The van der Waals surface area contributed by atoms with Crippen LogP contribution in [0.5, 0.6) is 0 Å². The maximum Gasteiger partial charge on any atom is 0.0547 e. The molecule has 7 aromatic carbocycles. The summed E-state index contributed by atoms with van der Waals surface area (Å²) in [6.45, 7) is 0. The second-order valence-corrected chi connectivity index (χ2v) is 10.6. The Balaban J connectivity index is 1.34. The minimum absolute atomic E-state index is 1.12. The van der Waals surface area contributed by atoms with Crippen molar-refractivity contribution < 1.29 is 0 Å². The summed E-state index contributed by atoms with van der Waals surface area (Å²) in [6, 6.07) is 60.9. The van der Waals surface area contributed by atoms with Crippen molar-refractivity contribution in [2.24, 2.45) is 0 Å². The highest BCUT2D eigenvalue weighted by atomic mass is 15.1. The summed E-state index contributed by atoms with van der Waals surface area (Å²) < 4.78 is 2.38. The third-order valence-corrected chi connectivity index (χ3v) is 8.13. The summed E-state index contributed by atoms with van der Waals surface area (Å²) >= 11 is 0. The maximum absolute atomic E-state index is 2.38. The molecule has 42 heavy (non-hydrogen) atoms. The zero-order chi connectivity index (χ0) is 27.9. The highest BCUT2D eigenvalue weighted by Gasteiger charge is 2.18. The van der Waals surface area contributed by atoms with Crippen LogP contribution < -0.4 is 4.90 Å². The first-order valence-corrected chi connectivity index (χ1v) is 14.4. The van der Waals surface area contributed by atoms with Crippen LogP contribution in [0.3, 0.4) is 0 Å². The number of anilines is 3. The minimum atomic E-state index is 1.12. The second-order valence-electron chi connectivity index (χ2n) is 10.6. The van der Waals surface area contributed by atoms with Gasteiger partial charge < -0.3 is 9.47 Å². The van der Waals surface area contributed by atoms with Gasteiger partial charge in [0, 0.05) is 33.5 Å². The highest BCUT2D eigenvalue weighted by molar-refractivity contribution is 6.15. The standard InChI is InChI=1S/C40H28N2/c1-3-16-32(17-4-1)41(35-26-25-29-13-7-8-14-30(29)27-35)34-20-11-15-31(28-34)36-22-12-24-39-40(36)37-21-9-10-23-38(37)42(39)33-18-5-2-6-19-33/h1-28H. The number of benzene rings is 7. The Morgan fingerprint density at radius 3 is 1.90 bits per heavy atom. The van der Waals surface area contributed by atoms with E-state index in [0.29, 0.717) is 0 Å². The molecule has 0 amide bonds. The molecule has 1 heterocycles. The minimum Gasteiger partial charge on any atom is -0.310 e. The van der Waals surface area contributed by atoms with E-state index in [9.17, 15) is 0 Å². The van der Waals surface area contributed by atoms with Crippen molar-refractivity contribution >= 4 is 49.6 Å². The Bertz CT molecular complexity index is 2190. The number of aromatic nitrogens is 1. The van der Waals surface area contributed by atoms with Crippen LogP contribution in [0.2, 0.25) is 0 Å². The largest absolute Gasteiger partial charge is 0.310 e. The number of rotatable bonds is 5. The molecule has 2 nitrogen and oxygen atoms in total. The number of fused-ring (bicyclic) bond motifs is 4. The van der Waals surface area contributed by atoms with Crippen molar-refractivity contribution in [1.29, 1.82) is 0 Å². The molecule has 0 fully saturated rings. The smallest absolute Gasteiger partial charge is 0.0547 e. The molecule has 0 unspecified atom stereocenters. The number of nitrogens with zero attached hydrogens (tertiary/aromatic N) is 2. The first kappa shape index (κ1) is 24.2. The fourth-order valence-corrected chi connectivity index (χ4v) is 6.27. The number of para-hydroxylation sites is 3. The van der Waals surface area contributed by atoms with Gasteiger partial charge in [0.05, 0.1) is 11.0 Å². The molecule has 1 aromatic heterocycles. The molecule has 0 atom stereocenters. The number of hydrogen-bond acceptors (Lipinski definition) is 1. The second kappa shape index (κ2) is 10.1. The van der Waals surface area contributed by atoms with Crippen LogP contribution in [-0.2, 0) is 0 Å². The van der Waals surface area contributed by atoms with Crippen molar-refractivity contribution in [3.63, 3.8) is 0 Å². The normalized spacial score (nSPS) is 11.3. The van der Waals surface area contributed by atoms with Gasteiger partial charge >= 0.3 is 0 Å². The van der Waals surface area contributed by atoms with Crippen LogP contribution in [0.1, 0.15) is 0 Å². The van der Waals surface area contributed by atoms with Gasteiger partial charge in [0.1, 0.15) is 0 Å². The quantitative estimate of drug-likeness (QED) is 0.212. The van der Waals surface area contributed by atoms with Gasteiger partial charge in [-0.3, -0.25) is 0 Å². The summed E-state index contributed by atoms with van der Waals surface area (Å²) in [7, 11) is 0. The number of hydrogen-bond donors (Lipinski definition) is 0. The zero-order valence-electron chi connectivity index (χ0n) is 23.1. The summed E-state index contributed by atoms with van der Waals surface area (Å²) in [5.74, 6) is 0. The zero-order valence-corrected chi connectivity index (χ0v) is 23.1. The average molecular weight is 537 g/mol. The van der Waals surface area contributed by atoms with Crippen molar-refractivity contribution in [3.05, 3.63) is 170 Å². The molecule has 0 spiro atoms. The first-order chi connectivity index (χ1) is 20.8. The van der Waals surface area contributed by atoms with Crippen LogP contribution >= 0.6 is 0 Å². The fourth-order valence-electron chi connectivity index (χ4n) is 6.27. The Hall–Kier alpha value is -5.60. The predicted octanol–water partition coefficient (Wildman–Crippen LogP) is 11.1. The van der Waals surface area contributed by atoms with Crippen LogP contribution in [0.25, 0.3) is 49.4 Å². The molecule has 0 radical (unpaired) electrons. The van der Waals surface area contributed by atoms with E-state index in [0.717, 1.165) is 17.1 Å². The molecule has 0 N–H and O–H groups in total. The third kappa shape index (κ3) is 4.05. The molecule has 2 heteroatoms. The topological polar surface area (TPSA) is 8.17 Å². The van der Waals surface area contributed by atoms with Gasteiger partial charge in [0.15, 0.2) is 0 Å². The lowest BCUT2D eigenvalue weighted by Crippen LogP contribution is -2.09. The van der Waals surface area contributed by atoms with Gasteiger partial charge in [0.2, 0.25) is 0 Å². The van der Waals surface area contributed by atoms with E-state index in [1.165, 1.54) is 49.4 Å². The van der Waals surface area contributed by atoms with Gasteiger partial charge in [-0.1, -0.05) is 109 Å². The van der Waals surface area contributed by atoms with Crippen LogP contribution in [0.15, 0.2) is 170 Å². The Morgan fingerprint density at radius 1 is 0.405 bits per heavy atom. The molecular weight excluding hydrogens is 508 g/mol. The summed E-state index contributed by atoms with van der Waals surface area (Å²) in [5, 5.41) is 4.99. The molecule has 0 saturated carbocycles. The lowest BCUT2D eigenvalue weighted by Gasteiger charge is -2.26. The Morgan fingerprint density at radius 2 is 1.05 bits per heavy atom. The molecular formula is C40H28N2. The first-order valence-electron chi connectivity index (χ1n) is 14.4. The molecule has 0 bridgehead atoms. The van der Waals surface area contributed by atoms with E-state index >= 15 is 0 Å². The van der Waals surface area contributed by atoms with Crippen LogP contribution in [0.4, 0.5) is 17.1 Å². The predicted molar refractivity (Wildman–Crippen MR) is 178 cm³/mol. The molecule has 198 valence electrons. The Labute approximate surface area is 245 Å². The third-order valence-electron chi connectivity index (χ3n) is 8.13. The van der Waals surface area contributed by atoms with E-state index in [-0.39, 0.29) is 0 Å². The summed E-state index contributed by atoms with van der Waals surface area (Å²) in [4.78, 5) is 2.35. The van der Waals surface area contributed by atoms with Crippen LogP contribution in [0, 0.1) is 0 Å². The van der Waals surface area contributed by atoms with E-state index in [1.54, 1.807) is 0 Å². The summed E-state index contributed by atoms with van der Waals surface area (Å²) in [5.41, 5.74) is 9.39. The van der Waals surface area contributed by atoms with Crippen molar-refractivity contribution in [3.8, 4) is 16.8 Å². The fraction of sp³-hybridized carbons (Fsp3) is 0. The van der Waals surface area contributed by atoms with E-state index in [2.05, 4.69) is 179 Å². The van der Waals surface area contributed by atoms with E-state index in [1.807, 2.05) is 0 Å². The average Bonchev–Trinajstić information content (AvgIpc) is 3.40. The monoisotopic (exact) mass is 536 g/mol. The van der Waals surface area contributed by atoms with Crippen LogP contribution in [-0.4, -0.2) is 4.57 Å². The summed E-state index contributed by atoms with van der Waals surface area (Å²) in [6.07, 6.45) is 0. The molecule has 8 rings (SSSR count). The van der Waals surface area contributed by atoms with Gasteiger partial charge in [0.25, 0.3) is 0 Å². The molecule has 0 aliphatic carbocycles. The van der Waals surface area contributed by atoms with Gasteiger partial charge in [-0.05, 0) is 82.6 Å². The molecule has 0 saturated heterocycles. The molecule has 0 aliphatic rings. The maximum atomic E-state index is 2.38. The molecule has 0 aliphatic heterocycles. The Kier molecular flexibility index (Phi) is 5.82. The van der Waals surface area contributed by atoms with Gasteiger partial charge in [-0.15, -0.1) is 0 Å². The van der Waals surface area contributed by atoms with E-state index in [4.69, 9.17) is 0 Å². The highest BCUT2D eigenvalue weighted by Crippen LogP contribution is 2.41. The van der Waals surface area contributed by atoms with Crippen molar-refractivity contribution in [2.75, 3.05) is 4.90 Å². The van der Waals surface area contributed by atoms with Crippen molar-refractivity contribution in [1.82, 2.24) is 4.57 Å². The lowest BCUT2D eigenvalue weighted by molar-refractivity contribution is 1.18. The van der Waals surface area contributed by atoms with E-state index < -0.39 is 0 Å². The SMILES string of the molecule is c1ccc(N(c2cccc(-c3cccc4c3c3ccccc3n4-c3ccccc3)c2)c2ccc3ccccc3c2)cc1.